The lowest BCUT2D eigenvalue weighted by Gasteiger charge is -2.31. The fraction of sp³-hybridized carbons (Fsp3) is 0.0588. The minimum absolute atomic E-state index is 0.391. The summed E-state index contributed by atoms with van der Waals surface area (Å²) in [4.78, 5) is 0. The quantitative estimate of drug-likeness (QED) is 0.152. The highest BCUT2D eigenvalue weighted by atomic mass is 14.5. The molecule has 0 N–H and O–H groups in total. The maximum Gasteiger partial charge on any atom is 0.0725 e. The highest BCUT2D eigenvalue weighted by Gasteiger charge is 2.53. The second-order valence-corrected chi connectivity index (χ2v) is 19.9. The lowest BCUT2D eigenvalue weighted by Crippen LogP contribution is -2.25. The van der Waals surface area contributed by atoms with E-state index in [1.165, 1.54) is 155 Å². The smallest absolute Gasteiger partial charge is 0.0619 e. The summed E-state index contributed by atoms with van der Waals surface area (Å²) in [5.74, 6) is 0. The molecule has 0 bridgehead atoms. The van der Waals surface area contributed by atoms with E-state index in [4.69, 9.17) is 0 Å². The van der Waals surface area contributed by atoms with Crippen LogP contribution in [0, 0.1) is 13.8 Å². The van der Waals surface area contributed by atoms with Crippen LogP contribution in [0.1, 0.15) is 55.6 Å². The van der Waals surface area contributed by atoms with Crippen LogP contribution < -0.4 is 0 Å². The van der Waals surface area contributed by atoms with Gasteiger partial charge in [0, 0.05) is 0 Å². The first-order chi connectivity index (χ1) is 33.5. The molecule has 314 valence electrons. The van der Waals surface area contributed by atoms with Crippen molar-refractivity contribution in [3.63, 3.8) is 0 Å². The number of benzene rings is 12. The van der Waals surface area contributed by atoms with Crippen molar-refractivity contribution < 1.29 is 0 Å². The molecule has 12 aromatic carbocycles. The summed E-state index contributed by atoms with van der Waals surface area (Å²) in [6.07, 6.45) is 0. The van der Waals surface area contributed by atoms with Crippen molar-refractivity contribution in [2.24, 2.45) is 0 Å². The number of hydrogen-bond donors (Lipinski definition) is 0. The van der Waals surface area contributed by atoms with Crippen molar-refractivity contribution in [3.8, 4) is 66.8 Å². The zero-order valence-corrected chi connectivity index (χ0v) is 37.8. The predicted molar refractivity (Wildman–Crippen MR) is 283 cm³/mol. The van der Waals surface area contributed by atoms with Gasteiger partial charge in [-0.1, -0.05) is 217 Å². The van der Waals surface area contributed by atoms with Crippen LogP contribution in [0.3, 0.4) is 0 Å². The third kappa shape index (κ3) is 4.30. The molecule has 2 unspecified atom stereocenters. The first-order valence-electron chi connectivity index (χ1n) is 24.2. The van der Waals surface area contributed by atoms with E-state index in [1.54, 1.807) is 0 Å². The standard InChI is InChI=1S/C68H42/c1-39-19-33-61-55(35-39)49-13-5-9-17-59(49)67(61)57-15-7-3-11-47(57)51-29-25-43(37-63(51)67)45-27-21-41-24-32-54-46(28-22-42-23-31-53(45)65(41)66(42)54)44-26-30-52-48-12-4-8-16-58(48)68(64(52)38-44)60-18-10-6-14-50(60)56-36-40(2)20-34-62(56)68/h3-38H,1-2H3. The molecule has 2 atom stereocenters. The molecule has 0 radical (unpaired) electrons. The minimum Gasteiger partial charge on any atom is -0.0619 e. The Balaban J connectivity index is 0.905. The van der Waals surface area contributed by atoms with Crippen molar-refractivity contribution in [3.05, 3.63) is 274 Å². The molecular formula is C68H42. The SMILES string of the molecule is Cc1ccc2c(c1)-c1ccccc1C21c2ccccc2-c2ccc(-c3ccc4ccc5c(-c6ccc7c(c6)C6(c8ccccc8-c8cc(C)ccc86)c6ccccc6-7)ccc6ccc3c4c65)cc21. The van der Waals surface area contributed by atoms with Gasteiger partial charge in [0.25, 0.3) is 0 Å². The fourth-order valence-corrected chi connectivity index (χ4v) is 14.2. The van der Waals surface area contributed by atoms with E-state index in [2.05, 4.69) is 232 Å². The third-order valence-electron chi connectivity index (χ3n) is 16.8. The molecule has 0 saturated carbocycles. The molecule has 0 amide bonds. The highest BCUT2D eigenvalue weighted by Crippen LogP contribution is 2.65. The summed E-state index contributed by atoms with van der Waals surface area (Å²) < 4.78 is 0. The average molecular weight is 859 g/mol. The van der Waals surface area contributed by atoms with Gasteiger partial charge >= 0.3 is 0 Å². The van der Waals surface area contributed by atoms with Crippen LogP contribution in [-0.2, 0) is 10.8 Å². The summed E-state index contributed by atoms with van der Waals surface area (Å²) in [6, 6.07) is 84.3. The summed E-state index contributed by atoms with van der Waals surface area (Å²) in [7, 11) is 0. The Morgan fingerprint density at radius 2 is 0.559 bits per heavy atom. The molecule has 0 heteroatoms. The monoisotopic (exact) mass is 858 g/mol. The number of fused-ring (bicyclic) bond motifs is 20. The van der Waals surface area contributed by atoms with Gasteiger partial charge in [-0.3, -0.25) is 0 Å². The van der Waals surface area contributed by atoms with Gasteiger partial charge in [0.2, 0.25) is 0 Å². The zero-order valence-electron chi connectivity index (χ0n) is 37.8. The van der Waals surface area contributed by atoms with Crippen molar-refractivity contribution >= 4 is 32.3 Å². The van der Waals surface area contributed by atoms with E-state index < -0.39 is 10.8 Å². The van der Waals surface area contributed by atoms with Crippen molar-refractivity contribution in [2.45, 2.75) is 24.7 Å². The van der Waals surface area contributed by atoms with E-state index >= 15 is 0 Å². The molecule has 0 heterocycles. The Bertz CT molecular complexity index is 3960. The molecule has 0 aromatic heterocycles. The Kier molecular flexibility index (Phi) is 6.92. The Labute approximate surface area is 395 Å². The first-order valence-corrected chi connectivity index (χ1v) is 24.2. The molecule has 68 heavy (non-hydrogen) atoms. The topological polar surface area (TPSA) is 0 Å². The van der Waals surface area contributed by atoms with E-state index in [0.29, 0.717) is 0 Å². The first kappa shape index (κ1) is 36.8. The Morgan fingerprint density at radius 1 is 0.235 bits per heavy atom. The van der Waals surface area contributed by atoms with Gasteiger partial charge in [-0.15, -0.1) is 0 Å². The van der Waals surface area contributed by atoms with Crippen molar-refractivity contribution in [1.29, 1.82) is 0 Å². The van der Waals surface area contributed by atoms with Crippen LogP contribution in [0.2, 0.25) is 0 Å². The van der Waals surface area contributed by atoms with Crippen molar-refractivity contribution in [2.75, 3.05) is 0 Å². The van der Waals surface area contributed by atoms with E-state index in [1.807, 2.05) is 0 Å². The summed E-state index contributed by atoms with van der Waals surface area (Å²) >= 11 is 0. The van der Waals surface area contributed by atoms with Gasteiger partial charge in [0.1, 0.15) is 0 Å². The molecular weight excluding hydrogens is 817 g/mol. The largest absolute Gasteiger partial charge is 0.0725 e. The zero-order chi connectivity index (χ0) is 44.6. The predicted octanol–water partition coefficient (Wildman–Crippen LogP) is 17.2. The number of aryl methyl sites for hydroxylation is 2. The van der Waals surface area contributed by atoms with Gasteiger partial charge in [0.05, 0.1) is 10.8 Å². The van der Waals surface area contributed by atoms with Crippen LogP contribution in [0.25, 0.3) is 99.1 Å². The summed E-state index contributed by atoms with van der Waals surface area (Å²) in [6.45, 7) is 4.43. The Hall–Kier alpha value is -8.32. The van der Waals surface area contributed by atoms with E-state index in [0.717, 1.165) is 0 Å². The van der Waals surface area contributed by atoms with Gasteiger partial charge in [0.15, 0.2) is 0 Å². The summed E-state index contributed by atoms with van der Waals surface area (Å²) in [5.41, 5.74) is 28.6. The van der Waals surface area contributed by atoms with Gasteiger partial charge in [-0.2, -0.15) is 0 Å². The van der Waals surface area contributed by atoms with Gasteiger partial charge in [-0.05, 0) is 170 Å². The van der Waals surface area contributed by atoms with E-state index in [9.17, 15) is 0 Å². The van der Waals surface area contributed by atoms with Crippen LogP contribution >= 0.6 is 0 Å². The number of hydrogen-bond acceptors (Lipinski definition) is 0. The normalized spacial score (nSPS) is 17.4. The van der Waals surface area contributed by atoms with Gasteiger partial charge in [-0.25, -0.2) is 0 Å². The molecule has 0 nitrogen and oxygen atoms in total. The second-order valence-electron chi connectivity index (χ2n) is 19.9. The molecule has 4 aliphatic rings. The fourth-order valence-electron chi connectivity index (χ4n) is 14.2. The number of rotatable bonds is 2. The van der Waals surface area contributed by atoms with Crippen LogP contribution in [0.15, 0.2) is 218 Å². The second kappa shape index (κ2) is 12.8. The van der Waals surface area contributed by atoms with E-state index in [-0.39, 0.29) is 0 Å². The van der Waals surface area contributed by atoms with Crippen LogP contribution in [0.4, 0.5) is 0 Å². The molecule has 2 spiro atoms. The summed E-state index contributed by atoms with van der Waals surface area (Å²) in [5, 5.41) is 7.81. The average Bonchev–Trinajstić information content (AvgIpc) is 4.06. The van der Waals surface area contributed by atoms with Crippen LogP contribution in [0.5, 0.6) is 0 Å². The highest BCUT2D eigenvalue weighted by molar-refractivity contribution is 6.27. The molecule has 4 aliphatic carbocycles. The lowest BCUT2D eigenvalue weighted by atomic mass is 9.70. The maximum absolute atomic E-state index is 2.54. The van der Waals surface area contributed by atoms with Crippen molar-refractivity contribution in [1.82, 2.24) is 0 Å². The third-order valence-corrected chi connectivity index (χ3v) is 16.8. The minimum atomic E-state index is -0.391. The molecule has 16 rings (SSSR count). The molecule has 0 aliphatic heterocycles. The van der Waals surface area contributed by atoms with Gasteiger partial charge < -0.3 is 0 Å². The Morgan fingerprint density at radius 3 is 0.971 bits per heavy atom. The van der Waals surface area contributed by atoms with Crippen LogP contribution in [-0.4, -0.2) is 0 Å². The molecule has 12 aromatic rings. The lowest BCUT2D eigenvalue weighted by molar-refractivity contribution is 0.794. The maximum atomic E-state index is 2.54. The molecule has 0 fully saturated rings. The molecule has 0 saturated heterocycles.